The number of carbonyl (C=O) groups excluding carboxylic acids is 1. The van der Waals surface area contributed by atoms with Crippen LogP contribution < -0.4 is 5.32 Å². The predicted molar refractivity (Wildman–Crippen MR) is 126 cm³/mol. The van der Waals surface area contributed by atoms with Crippen molar-refractivity contribution in [3.05, 3.63) is 76.3 Å². The maximum absolute atomic E-state index is 13.1. The number of benzene rings is 3. The molecule has 1 saturated heterocycles. The van der Waals surface area contributed by atoms with E-state index < -0.39 is 14.9 Å². The molecule has 0 radical (unpaired) electrons. The third kappa shape index (κ3) is 5.03. The first-order valence-corrected chi connectivity index (χ1v) is 11.9. The number of hydrogen-bond acceptors (Lipinski definition) is 6. The van der Waals surface area contributed by atoms with E-state index in [0.717, 1.165) is 16.3 Å². The number of nitrogens with one attached hydrogen (secondary N) is 1. The molecule has 0 saturated carbocycles. The van der Waals surface area contributed by atoms with E-state index in [-0.39, 0.29) is 41.8 Å². The summed E-state index contributed by atoms with van der Waals surface area (Å²) in [6, 6.07) is 17.3. The molecule has 172 valence electrons. The Morgan fingerprint density at radius 1 is 1.00 bits per heavy atom. The molecule has 1 aliphatic heterocycles. The van der Waals surface area contributed by atoms with Gasteiger partial charge in [-0.1, -0.05) is 36.4 Å². The molecule has 4 rings (SSSR count). The summed E-state index contributed by atoms with van der Waals surface area (Å²) in [5, 5.41) is 15.7. The van der Waals surface area contributed by atoms with Crippen LogP contribution >= 0.6 is 0 Å². The van der Waals surface area contributed by atoms with Crippen molar-refractivity contribution in [1.29, 1.82) is 0 Å². The lowest BCUT2D eigenvalue weighted by atomic mass is 10.1. The molecule has 1 aliphatic rings. The maximum Gasteiger partial charge on any atom is 0.293 e. The van der Waals surface area contributed by atoms with Gasteiger partial charge in [0.05, 0.1) is 16.4 Å². The number of anilines is 1. The summed E-state index contributed by atoms with van der Waals surface area (Å²) in [6.45, 7) is 3.05. The van der Waals surface area contributed by atoms with E-state index in [2.05, 4.69) is 5.32 Å². The first kappa shape index (κ1) is 22.8. The first-order chi connectivity index (χ1) is 15.7. The Balaban J connectivity index is 1.37. The van der Waals surface area contributed by atoms with Crippen LogP contribution in [0.3, 0.4) is 0 Å². The minimum absolute atomic E-state index is 0.0227. The van der Waals surface area contributed by atoms with Crippen LogP contribution in [0.5, 0.6) is 0 Å². The number of nitro benzene ring substituents is 1. The molecular formula is C23H24N4O5S. The third-order valence-corrected chi connectivity index (χ3v) is 7.58. The normalized spacial score (nSPS) is 15.4. The van der Waals surface area contributed by atoms with Gasteiger partial charge in [0, 0.05) is 32.2 Å². The van der Waals surface area contributed by atoms with Crippen LogP contribution in [0.15, 0.2) is 65.6 Å². The van der Waals surface area contributed by atoms with Crippen molar-refractivity contribution in [2.75, 3.05) is 38.0 Å². The van der Waals surface area contributed by atoms with Crippen molar-refractivity contribution in [2.45, 2.75) is 11.8 Å². The van der Waals surface area contributed by atoms with Crippen molar-refractivity contribution in [2.24, 2.45) is 0 Å². The number of fused-ring (bicyclic) bond motifs is 1. The van der Waals surface area contributed by atoms with Gasteiger partial charge in [-0.05, 0) is 41.5 Å². The topological polar surface area (TPSA) is 113 Å². The Bertz CT molecular complexity index is 1320. The number of nitro groups is 1. The van der Waals surface area contributed by atoms with Gasteiger partial charge in [-0.2, -0.15) is 4.31 Å². The Labute approximate surface area is 191 Å². The van der Waals surface area contributed by atoms with Gasteiger partial charge in [0.25, 0.3) is 5.69 Å². The quantitative estimate of drug-likeness (QED) is 0.440. The van der Waals surface area contributed by atoms with E-state index >= 15 is 0 Å². The molecule has 1 N–H and O–H groups in total. The molecule has 3 aromatic rings. The molecule has 9 nitrogen and oxygen atoms in total. The molecule has 0 bridgehead atoms. The van der Waals surface area contributed by atoms with Gasteiger partial charge in [0.15, 0.2) is 0 Å². The number of rotatable bonds is 6. The largest absolute Gasteiger partial charge is 0.319 e. The molecule has 10 heteroatoms. The highest BCUT2D eigenvalue weighted by atomic mass is 32.2. The fraction of sp³-hybridized carbons (Fsp3) is 0.261. The number of nitrogens with zero attached hydrogens (tertiary/aromatic N) is 3. The maximum atomic E-state index is 13.1. The molecule has 3 aromatic carbocycles. The summed E-state index contributed by atoms with van der Waals surface area (Å²) < 4.78 is 27.6. The van der Waals surface area contributed by atoms with Crippen LogP contribution in [0.2, 0.25) is 0 Å². The number of carbonyl (C=O) groups is 1. The fourth-order valence-electron chi connectivity index (χ4n) is 3.90. The van der Waals surface area contributed by atoms with Crippen molar-refractivity contribution in [1.82, 2.24) is 9.21 Å². The summed E-state index contributed by atoms with van der Waals surface area (Å²) >= 11 is 0. The van der Waals surface area contributed by atoms with E-state index in [1.807, 2.05) is 29.2 Å². The monoisotopic (exact) mass is 468 g/mol. The minimum atomic E-state index is -3.64. The SMILES string of the molecule is Cc1ccc(NC(=O)CN2CCN(S(=O)(=O)c3ccc4ccccc4c3)CC2)c([N+](=O)[O-])c1. The lowest BCUT2D eigenvalue weighted by molar-refractivity contribution is -0.384. The molecule has 0 aromatic heterocycles. The summed E-state index contributed by atoms with van der Waals surface area (Å²) in [6.07, 6.45) is 0. The number of sulfonamides is 1. The number of aryl methyl sites for hydroxylation is 1. The van der Waals surface area contributed by atoms with Crippen LogP contribution in [-0.2, 0) is 14.8 Å². The Morgan fingerprint density at radius 3 is 2.39 bits per heavy atom. The molecule has 0 aliphatic carbocycles. The van der Waals surface area contributed by atoms with Crippen molar-refractivity contribution >= 4 is 38.1 Å². The highest BCUT2D eigenvalue weighted by Crippen LogP contribution is 2.26. The third-order valence-electron chi connectivity index (χ3n) is 5.68. The molecule has 0 spiro atoms. The summed E-state index contributed by atoms with van der Waals surface area (Å²) in [5.41, 5.74) is 0.714. The Morgan fingerprint density at radius 2 is 1.70 bits per heavy atom. The van der Waals surface area contributed by atoms with Crippen molar-refractivity contribution in [3.63, 3.8) is 0 Å². The highest BCUT2D eigenvalue weighted by molar-refractivity contribution is 7.89. The Hall–Kier alpha value is -3.34. The van der Waals surface area contributed by atoms with E-state index in [4.69, 9.17) is 0 Å². The molecule has 1 fully saturated rings. The van der Waals surface area contributed by atoms with Gasteiger partial charge in [0.2, 0.25) is 15.9 Å². The highest BCUT2D eigenvalue weighted by Gasteiger charge is 2.29. The summed E-state index contributed by atoms with van der Waals surface area (Å²) in [5.74, 6) is -0.382. The first-order valence-electron chi connectivity index (χ1n) is 10.5. The van der Waals surface area contributed by atoms with Gasteiger partial charge in [-0.25, -0.2) is 8.42 Å². The number of amides is 1. The summed E-state index contributed by atoms with van der Waals surface area (Å²) in [4.78, 5) is 25.3. The zero-order chi connectivity index (χ0) is 23.6. The second-order valence-corrected chi connectivity index (χ2v) is 9.95. The van der Waals surface area contributed by atoms with Gasteiger partial charge in [-0.3, -0.25) is 19.8 Å². The summed E-state index contributed by atoms with van der Waals surface area (Å²) in [7, 11) is -3.64. The van der Waals surface area contributed by atoms with E-state index in [0.29, 0.717) is 13.1 Å². The van der Waals surface area contributed by atoms with Gasteiger partial charge in [0.1, 0.15) is 5.69 Å². The molecule has 0 atom stereocenters. The van der Waals surface area contributed by atoms with Crippen LogP contribution in [0.4, 0.5) is 11.4 Å². The molecule has 0 unspecified atom stereocenters. The second-order valence-electron chi connectivity index (χ2n) is 8.02. The lowest BCUT2D eigenvalue weighted by Gasteiger charge is -2.33. The van der Waals surface area contributed by atoms with Gasteiger partial charge >= 0.3 is 0 Å². The van der Waals surface area contributed by atoms with Crippen molar-refractivity contribution in [3.8, 4) is 0 Å². The Kier molecular flexibility index (Phi) is 6.41. The fourth-order valence-corrected chi connectivity index (χ4v) is 5.35. The zero-order valence-corrected chi connectivity index (χ0v) is 18.9. The van der Waals surface area contributed by atoms with E-state index in [1.54, 1.807) is 31.2 Å². The van der Waals surface area contributed by atoms with Gasteiger partial charge < -0.3 is 5.32 Å². The average Bonchev–Trinajstić information content (AvgIpc) is 2.80. The average molecular weight is 469 g/mol. The van der Waals surface area contributed by atoms with Crippen LogP contribution in [0.1, 0.15) is 5.56 Å². The number of hydrogen-bond donors (Lipinski definition) is 1. The molecule has 1 heterocycles. The van der Waals surface area contributed by atoms with Crippen LogP contribution in [0.25, 0.3) is 10.8 Å². The smallest absolute Gasteiger partial charge is 0.293 e. The van der Waals surface area contributed by atoms with Crippen LogP contribution in [-0.4, -0.2) is 61.2 Å². The molecular weight excluding hydrogens is 444 g/mol. The second kappa shape index (κ2) is 9.26. The van der Waals surface area contributed by atoms with Crippen molar-refractivity contribution < 1.29 is 18.1 Å². The minimum Gasteiger partial charge on any atom is -0.319 e. The standard InChI is InChI=1S/C23H24N4O5S/c1-17-6-9-21(22(14-17)27(29)30)24-23(28)16-25-10-12-26(13-11-25)33(31,32)20-8-7-18-4-2-3-5-19(18)15-20/h2-9,14-15H,10-13,16H2,1H3,(H,24,28). The predicted octanol–water partition coefficient (Wildman–Crippen LogP) is 3.00. The molecule has 33 heavy (non-hydrogen) atoms. The van der Waals surface area contributed by atoms with Gasteiger partial charge in [-0.15, -0.1) is 0 Å². The molecule has 1 amide bonds. The zero-order valence-electron chi connectivity index (χ0n) is 18.1. The lowest BCUT2D eigenvalue weighted by Crippen LogP contribution is -2.50. The van der Waals surface area contributed by atoms with E-state index in [9.17, 15) is 23.3 Å². The van der Waals surface area contributed by atoms with E-state index in [1.165, 1.54) is 16.4 Å². The number of piperazine rings is 1. The van der Waals surface area contributed by atoms with Crippen LogP contribution in [0, 0.1) is 17.0 Å².